The van der Waals surface area contributed by atoms with E-state index in [0.29, 0.717) is 24.8 Å². The quantitative estimate of drug-likeness (QED) is 0.350. The summed E-state index contributed by atoms with van der Waals surface area (Å²) in [6.45, 7) is 0.925. The third-order valence-corrected chi connectivity index (χ3v) is 6.49. The predicted molar refractivity (Wildman–Crippen MR) is 126 cm³/mol. The lowest BCUT2D eigenvalue weighted by Gasteiger charge is -2.21. The third kappa shape index (κ3) is 4.46. The normalized spacial score (nSPS) is 13.2. The summed E-state index contributed by atoms with van der Waals surface area (Å²) in [5.74, 6) is 1.64. The highest BCUT2D eigenvalue weighted by Crippen LogP contribution is 2.31. The predicted octanol–water partition coefficient (Wildman–Crippen LogP) is 5.69. The van der Waals surface area contributed by atoms with Gasteiger partial charge in [0.2, 0.25) is 0 Å². The number of fused-ring (bicyclic) bond motifs is 1. The Balaban J connectivity index is 1.26. The molecule has 0 N–H and O–H groups in total. The van der Waals surface area contributed by atoms with Gasteiger partial charge in [-0.2, -0.15) is 0 Å². The first-order valence-corrected chi connectivity index (χ1v) is 11.6. The summed E-state index contributed by atoms with van der Waals surface area (Å²) in [5, 5.41) is 5.18. The summed E-state index contributed by atoms with van der Waals surface area (Å²) in [5.41, 5.74) is 1.58. The van der Waals surface area contributed by atoms with Crippen LogP contribution >= 0.6 is 11.3 Å². The number of hydrogen-bond acceptors (Lipinski definition) is 5. The molecule has 0 atom stereocenters. The van der Waals surface area contributed by atoms with Crippen molar-refractivity contribution in [3.05, 3.63) is 88.4 Å². The maximum atomic E-state index is 13.1. The number of methoxy groups -OCH3 is 1. The Morgan fingerprint density at radius 2 is 1.84 bits per heavy atom. The molecule has 1 aromatic heterocycles. The lowest BCUT2D eigenvalue weighted by Crippen LogP contribution is -2.32. The van der Waals surface area contributed by atoms with E-state index in [4.69, 9.17) is 14.5 Å². The topological polar surface area (TPSA) is 51.7 Å². The number of carbonyl (C=O) groups is 1. The Morgan fingerprint density at radius 3 is 2.62 bits per heavy atom. The molecule has 1 amide bonds. The maximum Gasteiger partial charge on any atom is 0.254 e. The SMILES string of the molecule is COc1ccc(C(=O)N(Cc2csc(COc3cccc4ccccc34)n2)C2CC2)cc1. The minimum Gasteiger partial charge on any atom is -0.497 e. The fourth-order valence-corrected chi connectivity index (χ4v) is 4.47. The largest absolute Gasteiger partial charge is 0.497 e. The van der Waals surface area contributed by atoms with Gasteiger partial charge in [0.25, 0.3) is 5.91 Å². The molecule has 1 fully saturated rings. The molecule has 4 aromatic rings. The number of aromatic nitrogens is 1. The molecule has 0 unspecified atom stereocenters. The van der Waals surface area contributed by atoms with Crippen molar-refractivity contribution in [2.45, 2.75) is 32.0 Å². The van der Waals surface area contributed by atoms with Crippen LogP contribution in [0.25, 0.3) is 10.8 Å². The van der Waals surface area contributed by atoms with Crippen molar-refractivity contribution in [2.75, 3.05) is 7.11 Å². The molecule has 0 radical (unpaired) electrons. The molecule has 1 heterocycles. The summed E-state index contributed by atoms with van der Waals surface area (Å²) >= 11 is 1.57. The average molecular weight is 445 g/mol. The van der Waals surface area contributed by atoms with Gasteiger partial charge in [0.05, 0.1) is 19.3 Å². The van der Waals surface area contributed by atoms with E-state index >= 15 is 0 Å². The van der Waals surface area contributed by atoms with Gasteiger partial charge in [0, 0.05) is 22.4 Å². The first-order valence-electron chi connectivity index (χ1n) is 10.7. The van der Waals surface area contributed by atoms with Crippen LogP contribution in [0.4, 0.5) is 0 Å². The highest BCUT2D eigenvalue weighted by molar-refractivity contribution is 7.09. The first kappa shape index (κ1) is 20.5. The smallest absolute Gasteiger partial charge is 0.254 e. The summed E-state index contributed by atoms with van der Waals surface area (Å²) in [7, 11) is 1.62. The molecule has 32 heavy (non-hydrogen) atoms. The van der Waals surface area contributed by atoms with Crippen molar-refractivity contribution in [3.8, 4) is 11.5 Å². The van der Waals surface area contributed by atoms with Gasteiger partial charge in [0.1, 0.15) is 23.1 Å². The second-order valence-electron chi connectivity index (χ2n) is 7.89. The standard InChI is InChI=1S/C26H24N2O3S/c1-30-22-13-9-19(10-14-22)26(29)28(21-11-12-21)15-20-17-32-25(27-20)16-31-24-8-4-6-18-5-2-3-7-23(18)24/h2-10,13-14,17,21H,11-12,15-16H2,1H3. The Labute approximate surface area is 191 Å². The van der Waals surface area contributed by atoms with Gasteiger partial charge in [-0.25, -0.2) is 4.98 Å². The zero-order chi connectivity index (χ0) is 21.9. The lowest BCUT2D eigenvalue weighted by atomic mass is 10.1. The molecule has 1 aliphatic rings. The highest BCUT2D eigenvalue weighted by Gasteiger charge is 2.33. The van der Waals surface area contributed by atoms with Gasteiger partial charge in [-0.3, -0.25) is 4.79 Å². The molecular formula is C26H24N2O3S. The second kappa shape index (κ2) is 9.01. The fraction of sp³-hybridized carbons (Fsp3) is 0.231. The van der Waals surface area contributed by atoms with Crippen LogP contribution < -0.4 is 9.47 Å². The Hall–Kier alpha value is -3.38. The van der Waals surface area contributed by atoms with Gasteiger partial charge < -0.3 is 14.4 Å². The molecule has 6 heteroatoms. The Morgan fingerprint density at radius 1 is 1.06 bits per heavy atom. The lowest BCUT2D eigenvalue weighted by molar-refractivity contribution is 0.0728. The summed E-state index contributed by atoms with van der Waals surface area (Å²) in [6, 6.07) is 21.8. The number of ether oxygens (including phenoxy) is 2. The van der Waals surface area contributed by atoms with E-state index < -0.39 is 0 Å². The second-order valence-corrected chi connectivity index (χ2v) is 8.83. The van der Waals surface area contributed by atoms with Crippen LogP contribution in [0.2, 0.25) is 0 Å². The third-order valence-electron chi connectivity index (χ3n) is 5.62. The van der Waals surface area contributed by atoms with E-state index in [2.05, 4.69) is 18.2 Å². The van der Waals surface area contributed by atoms with Gasteiger partial charge in [0.15, 0.2) is 0 Å². The monoisotopic (exact) mass is 444 g/mol. The molecule has 1 aliphatic carbocycles. The Bertz CT molecular complexity index is 1230. The van der Waals surface area contributed by atoms with Crippen LogP contribution in [0.5, 0.6) is 11.5 Å². The van der Waals surface area contributed by atoms with E-state index in [1.807, 2.05) is 58.8 Å². The molecule has 162 valence electrons. The summed E-state index contributed by atoms with van der Waals surface area (Å²) in [6.07, 6.45) is 2.09. The average Bonchev–Trinajstić information content (AvgIpc) is 3.59. The van der Waals surface area contributed by atoms with Crippen LogP contribution in [0.3, 0.4) is 0 Å². The number of carbonyl (C=O) groups excluding carboxylic acids is 1. The van der Waals surface area contributed by atoms with Crippen LogP contribution in [0.15, 0.2) is 72.1 Å². The number of nitrogens with zero attached hydrogens (tertiary/aromatic N) is 2. The number of amides is 1. The minimum atomic E-state index is 0.0386. The molecule has 0 spiro atoms. The number of hydrogen-bond donors (Lipinski definition) is 0. The van der Waals surface area contributed by atoms with Gasteiger partial charge in [-0.05, 0) is 48.6 Å². The maximum absolute atomic E-state index is 13.1. The van der Waals surface area contributed by atoms with Crippen LogP contribution in [-0.4, -0.2) is 28.9 Å². The molecule has 1 saturated carbocycles. The molecule has 5 nitrogen and oxygen atoms in total. The summed E-state index contributed by atoms with van der Waals surface area (Å²) in [4.78, 5) is 19.8. The Kier molecular flexibility index (Phi) is 5.77. The van der Waals surface area contributed by atoms with Crippen molar-refractivity contribution >= 4 is 28.0 Å². The van der Waals surface area contributed by atoms with E-state index in [9.17, 15) is 4.79 Å². The fourth-order valence-electron chi connectivity index (χ4n) is 3.78. The molecule has 0 aliphatic heterocycles. The zero-order valence-electron chi connectivity index (χ0n) is 17.9. The van der Waals surface area contributed by atoms with Crippen molar-refractivity contribution in [2.24, 2.45) is 0 Å². The van der Waals surface area contributed by atoms with Crippen LogP contribution in [0, 0.1) is 0 Å². The van der Waals surface area contributed by atoms with Crippen LogP contribution in [-0.2, 0) is 13.2 Å². The van der Waals surface area contributed by atoms with Crippen molar-refractivity contribution < 1.29 is 14.3 Å². The molecular weight excluding hydrogens is 420 g/mol. The van der Waals surface area contributed by atoms with E-state index in [0.717, 1.165) is 45.8 Å². The first-order chi connectivity index (χ1) is 15.7. The zero-order valence-corrected chi connectivity index (χ0v) is 18.7. The molecule has 0 saturated heterocycles. The van der Waals surface area contributed by atoms with E-state index in [1.54, 1.807) is 18.4 Å². The van der Waals surface area contributed by atoms with E-state index in [1.165, 1.54) is 0 Å². The summed E-state index contributed by atoms with van der Waals surface area (Å²) < 4.78 is 11.3. The molecule has 3 aromatic carbocycles. The number of thiazole rings is 1. The minimum absolute atomic E-state index is 0.0386. The van der Waals surface area contributed by atoms with Gasteiger partial charge >= 0.3 is 0 Å². The number of rotatable bonds is 8. The van der Waals surface area contributed by atoms with Crippen molar-refractivity contribution in [1.29, 1.82) is 0 Å². The van der Waals surface area contributed by atoms with Gasteiger partial charge in [-0.1, -0.05) is 36.4 Å². The van der Waals surface area contributed by atoms with Crippen LogP contribution in [0.1, 0.15) is 33.9 Å². The highest BCUT2D eigenvalue weighted by atomic mass is 32.1. The molecule has 0 bridgehead atoms. The number of benzene rings is 3. The molecule has 5 rings (SSSR count). The van der Waals surface area contributed by atoms with Gasteiger partial charge in [-0.15, -0.1) is 11.3 Å². The van der Waals surface area contributed by atoms with Crippen molar-refractivity contribution in [1.82, 2.24) is 9.88 Å². The van der Waals surface area contributed by atoms with E-state index in [-0.39, 0.29) is 5.91 Å². The van der Waals surface area contributed by atoms with Crippen molar-refractivity contribution in [3.63, 3.8) is 0 Å².